The van der Waals surface area contributed by atoms with Crippen LogP contribution in [0.5, 0.6) is 5.75 Å². The van der Waals surface area contributed by atoms with Gasteiger partial charge in [-0.25, -0.2) is 0 Å². The Morgan fingerprint density at radius 2 is 2.00 bits per heavy atom. The first kappa shape index (κ1) is 15.3. The van der Waals surface area contributed by atoms with E-state index < -0.39 is 6.10 Å². The standard InChI is InChI=1S/C17H14BrNO2/c1-2-15(17(20)12-6-4-3-5-7-12)21-16-9-8-14(18)10-13(16)11-19/h3-10,15H,2H2,1H3. The Kier molecular flexibility index (Phi) is 5.13. The number of nitriles is 1. The maximum absolute atomic E-state index is 12.4. The van der Waals surface area contributed by atoms with Crippen LogP contribution in [0.25, 0.3) is 0 Å². The maximum Gasteiger partial charge on any atom is 0.203 e. The van der Waals surface area contributed by atoms with E-state index in [0.29, 0.717) is 23.3 Å². The van der Waals surface area contributed by atoms with E-state index in [1.165, 1.54) is 0 Å². The number of hydrogen-bond donors (Lipinski definition) is 0. The molecule has 0 saturated heterocycles. The van der Waals surface area contributed by atoms with E-state index in [2.05, 4.69) is 22.0 Å². The number of hydrogen-bond acceptors (Lipinski definition) is 3. The molecule has 2 rings (SSSR count). The van der Waals surface area contributed by atoms with Crippen molar-refractivity contribution in [3.63, 3.8) is 0 Å². The van der Waals surface area contributed by atoms with Crippen LogP contribution in [0.4, 0.5) is 0 Å². The van der Waals surface area contributed by atoms with Crippen LogP contribution < -0.4 is 4.74 Å². The van der Waals surface area contributed by atoms with E-state index >= 15 is 0 Å². The molecule has 4 heteroatoms. The van der Waals surface area contributed by atoms with Crippen LogP contribution in [0.15, 0.2) is 53.0 Å². The molecule has 2 aromatic rings. The van der Waals surface area contributed by atoms with Gasteiger partial charge in [-0.15, -0.1) is 0 Å². The Balaban J connectivity index is 2.24. The lowest BCUT2D eigenvalue weighted by Gasteiger charge is -2.17. The zero-order valence-corrected chi connectivity index (χ0v) is 13.1. The largest absolute Gasteiger partial charge is 0.481 e. The van der Waals surface area contributed by atoms with Crippen molar-refractivity contribution >= 4 is 21.7 Å². The fraction of sp³-hybridized carbons (Fsp3) is 0.176. The minimum atomic E-state index is -0.597. The smallest absolute Gasteiger partial charge is 0.203 e. The number of carbonyl (C=O) groups is 1. The van der Waals surface area contributed by atoms with Gasteiger partial charge in [0, 0.05) is 10.0 Å². The van der Waals surface area contributed by atoms with E-state index in [1.54, 1.807) is 30.3 Å². The normalized spacial score (nSPS) is 11.5. The first-order valence-electron chi connectivity index (χ1n) is 6.61. The van der Waals surface area contributed by atoms with Gasteiger partial charge in [0.05, 0.1) is 5.56 Å². The number of carbonyl (C=O) groups excluding carboxylic acids is 1. The van der Waals surface area contributed by atoms with E-state index in [-0.39, 0.29) is 5.78 Å². The lowest BCUT2D eigenvalue weighted by molar-refractivity contribution is 0.0786. The third-order valence-corrected chi connectivity index (χ3v) is 3.55. The van der Waals surface area contributed by atoms with Crippen molar-refractivity contribution < 1.29 is 9.53 Å². The highest BCUT2D eigenvalue weighted by Crippen LogP contribution is 2.24. The summed E-state index contributed by atoms with van der Waals surface area (Å²) in [7, 11) is 0. The molecule has 0 aliphatic rings. The van der Waals surface area contributed by atoms with Crippen molar-refractivity contribution in [1.82, 2.24) is 0 Å². The van der Waals surface area contributed by atoms with Gasteiger partial charge in [-0.05, 0) is 24.6 Å². The van der Waals surface area contributed by atoms with Gasteiger partial charge in [0.1, 0.15) is 11.8 Å². The molecular formula is C17H14BrNO2. The summed E-state index contributed by atoms with van der Waals surface area (Å²) in [4.78, 5) is 12.4. The van der Waals surface area contributed by atoms with Crippen molar-refractivity contribution in [2.24, 2.45) is 0 Å². The summed E-state index contributed by atoms with van der Waals surface area (Å²) in [5.41, 5.74) is 1.02. The average molecular weight is 344 g/mol. The maximum atomic E-state index is 12.4. The van der Waals surface area contributed by atoms with Crippen LogP contribution >= 0.6 is 15.9 Å². The topological polar surface area (TPSA) is 50.1 Å². The molecule has 0 spiro atoms. The van der Waals surface area contributed by atoms with E-state index in [4.69, 9.17) is 10.00 Å². The molecule has 0 fully saturated rings. The number of rotatable bonds is 5. The first-order valence-corrected chi connectivity index (χ1v) is 7.40. The highest BCUT2D eigenvalue weighted by molar-refractivity contribution is 9.10. The Labute approximate surface area is 132 Å². The molecule has 0 aliphatic heterocycles. The van der Waals surface area contributed by atoms with Crippen molar-refractivity contribution in [1.29, 1.82) is 5.26 Å². The second-order valence-electron chi connectivity index (χ2n) is 4.50. The van der Waals surface area contributed by atoms with Gasteiger partial charge in [0.2, 0.25) is 5.78 Å². The molecule has 1 atom stereocenters. The lowest BCUT2D eigenvalue weighted by atomic mass is 10.0. The lowest BCUT2D eigenvalue weighted by Crippen LogP contribution is -2.27. The summed E-state index contributed by atoms with van der Waals surface area (Å²) in [6.45, 7) is 1.89. The van der Waals surface area contributed by atoms with Crippen LogP contribution in [0, 0.1) is 11.3 Å². The molecule has 1 unspecified atom stereocenters. The predicted molar refractivity (Wildman–Crippen MR) is 84.3 cm³/mol. The first-order chi connectivity index (χ1) is 10.2. The molecule has 3 nitrogen and oxygen atoms in total. The Hall–Kier alpha value is -2.12. The second kappa shape index (κ2) is 7.05. The number of Topliss-reactive ketones (excluding diaryl/α,β-unsaturated/α-hetero) is 1. The van der Waals surface area contributed by atoms with Crippen LogP contribution in [0.3, 0.4) is 0 Å². The van der Waals surface area contributed by atoms with Crippen LogP contribution in [0.1, 0.15) is 29.3 Å². The Bertz CT molecular complexity index is 677. The molecule has 0 aromatic heterocycles. The van der Waals surface area contributed by atoms with Gasteiger partial charge < -0.3 is 4.74 Å². The summed E-state index contributed by atoms with van der Waals surface area (Å²) in [5.74, 6) is 0.349. The predicted octanol–water partition coefficient (Wildman–Crippen LogP) is 4.36. The van der Waals surface area contributed by atoms with E-state index in [1.807, 2.05) is 25.1 Å². The minimum absolute atomic E-state index is 0.0788. The Morgan fingerprint density at radius 1 is 1.29 bits per heavy atom. The summed E-state index contributed by atoms with van der Waals surface area (Å²) in [6, 6.07) is 16.3. The average Bonchev–Trinajstić information content (AvgIpc) is 2.53. The third-order valence-electron chi connectivity index (χ3n) is 3.05. The molecule has 0 bridgehead atoms. The molecule has 0 N–H and O–H groups in total. The summed E-state index contributed by atoms with van der Waals surface area (Å²) in [6.07, 6.45) is -0.0602. The zero-order valence-electron chi connectivity index (χ0n) is 11.5. The summed E-state index contributed by atoms with van der Waals surface area (Å²) in [5, 5.41) is 9.15. The number of ketones is 1. The zero-order chi connectivity index (χ0) is 15.2. The van der Waals surface area contributed by atoms with Crippen LogP contribution in [-0.2, 0) is 0 Å². The fourth-order valence-electron chi connectivity index (χ4n) is 1.96. The molecule has 21 heavy (non-hydrogen) atoms. The SMILES string of the molecule is CCC(Oc1ccc(Br)cc1C#N)C(=O)c1ccccc1. The van der Waals surface area contributed by atoms with Crippen molar-refractivity contribution in [3.05, 3.63) is 64.1 Å². The molecular weight excluding hydrogens is 330 g/mol. The summed E-state index contributed by atoms with van der Waals surface area (Å²) >= 11 is 3.31. The molecule has 106 valence electrons. The molecule has 0 heterocycles. The van der Waals surface area contributed by atoms with Crippen molar-refractivity contribution in [3.8, 4) is 11.8 Å². The highest BCUT2D eigenvalue weighted by atomic mass is 79.9. The number of halogens is 1. The van der Waals surface area contributed by atoms with Gasteiger partial charge >= 0.3 is 0 Å². The van der Waals surface area contributed by atoms with Gasteiger partial charge in [-0.2, -0.15) is 5.26 Å². The van der Waals surface area contributed by atoms with Crippen LogP contribution in [0.2, 0.25) is 0 Å². The van der Waals surface area contributed by atoms with E-state index in [9.17, 15) is 4.79 Å². The molecule has 0 aliphatic carbocycles. The molecule has 0 amide bonds. The van der Waals surface area contributed by atoms with Gasteiger partial charge in [0.15, 0.2) is 6.10 Å². The molecule has 2 aromatic carbocycles. The third kappa shape index (κ3) is 3.71. The Morgan fingerprint density at radius 3 is 2.62 bits per heavy atom. The van der Waals surface area contributed by atoms with Gasteiger partial charge in [-0.1, -0.05) is 53.2 Å². The van der Waals surface area contributed by atoms with E-state index in [0.717, 1.165) is 4.47 Å². The van der Waals surface area contributed by atoms with Gasteiger partial charge in [-0.3, -0.25) is 4.79 Å². The molecule has 0 radical (unpaired) electrons. The van der Waals surface area contributed by atoms with Crippen molar-refractivity contribution in [2.75, 3.05) is 0 Å². The van der Waals surface area contributed by atoms with Crippen molar-refractivity contribution in [2.45, 2.75) is 19.4 Å². The number of nitrogens with zero attached hydrogens (tertiary/aromatic N) is 1. The highest BCUT2D eigenvalue weighted by Gasteiger charge is 2.21. The number of benzene rings is 2. The monoisotopic (exact) mass is 343 g/mol. The number of ether oxygens (including phenoxy) is 1. The van der Waals surface area contributed by atoms with Gasteiger partial charge in [0.25, 0.3) is 0 Å². The minimum Gasteiger partial charge on any atom is -0.481 e. The second-order valence-corrected chi connectivity index (χ2v) is 5.41. The fourth-order valence-corrected chi connectivity index (χ4v) is 2.32. The van der Waals surface area contributed by atoms with Crippen LogP contribution in [-0.4, -0.2) is 11.9 Å². The summed E-state index contributed by atoms with van der Waals surface area (Å²) < 4.78 is 6.56. The quantitative estimate of drug-likeness (QED) is 0.757. The molecule has 0 saturated carbocycles.